The molecule has 0 rings (SSSR count). The zero-order valence-corrected chi connectivity index (χ0v) is 9.32. The highest BCUT2D eigenvalue weighted by Gasteiger charge is 2.23. The smallest absolute Gasteiger partial charge is 0.307 e. The van der Waals surface area contributed by atoms with E-state index in [9.17, 15) is 9.59 Å². The molecule has 0 unspecified atom stereocenters. The first kappa shape index (κ1) is 9.15. The number of hydrogen-bond acceptors (Lipinski definition) is 3. The molecule has 0 aromatic carbocycles. The first-order valence-electron chi connectivity index (χ1n) is 6.24. The number of likely N-dealkylation sites (N-methyl/N-ethyl adjacent to an activating group) is 1. The summed E-state index contributed by atoms with van der Waals surface area (Å²) >= 11 is 0. The lowest BCUT2D eigenvalue weighted by Crippen LogP contribution is -2.43. The fourth-order valence-electron chi connectivity index (χ4n) is 1.12. The standard InChI is InChI=1S/C10H19NO4/c1-5-10(14)15-8(6-9(12)13)7-11(2,3)4/h8H,5-7H2,1-4H3/p+1/t8-/m0/s1/i2D3. The van der Waals surface area contributed by atoms with Gasteiger partial charge in [0.05, 0.1) is 31.6 Å². The number of hydrogen-bond donors (Lipinski definition) is 1. The molecule has 0 amide bonds. The molecule has 0 bridgehead atoms. The number of carbonyl (C=O) groups excluding carboxylic acids is 1. The number of carboxylic acid groups (broad SMARTS) is 1. The first-order chi connectivity index (χ1) is 7.99. The second-order valence-corrected chi connectivity index (χ2v) is 3.93. The van der Waals surface area contributed by atoms with Crippen molar-refractivity contribution in [2.24, 2.45) is 0 Å². The van der Waals surface area contributed by atoms with Crippen LogP contribution in [-0.2, 0) is 14.3 Å². The van der Waals surface area contributed by atoms with Crippen molar-refractivity contribution >= 4 is 11.9 Å². The molecule has 1 N–H and O–H groups in total. The number of nitrogens with zero attached hydrogens (tertiary/aromatic N) is 1. The highest BCUT2D eigenvalue weighted by molar-refractivity contribution is 5.71. The van der Waals surface area contributed by atoms with Gasteiger partial charge < -0.3 is 14.3 Å². The van der Waals surface area contributed by atoms with Crippen molar-refractivity contribution in [1.29, 1.82) is 0 Å². The zero-order chi connectivity index (χ0) is 14.6. The van der Waals surface area contributed by atoms with E-state index in [0.29, 0.717) is 0 Å². The normalized spacial score (nSPS) is 17.1. The Morgan fingerprint density at radius 1 is 1.53 bits per heavy atom. The fourth-order valence-corrected chi connectivity index (χ4v) is 1.12. The summed E-state index contributed by atoms with van der Waals surface area (Å²) in [6.07, 6.45) is -1.22. The van der Waals surface area contributed by atoms with Gasteiger partial charge in [-0.3, -0.25) is 9.59 Å². The summed E-state index contributed by atoms with van der Waals surface area (Å²) in [5.41, 5.74) is 0. The van der Waals surface area contributed by atoms with Gasteiger partial charge in [-0.15, -0.1) is 0 Å². The number of aliphatic carboxylic acids is 1. The van der Waals surface area contributed by atoms with E-state index in [1.807, 2.05) is 0 Å². The van der Waals surface area contributed by atoms with Crippen LogP contribution in [-0.4, -0.2) is 55.2 Å². The van der Waals surface area contributed by atoms with Gasteiger partial charge in [0.15, 0.2) is 6.10 Å². The van der Waals surface area contributed by atoms with E-state index in [0.717, 1.165) is 0 Å². The molecule has 0 aromatic heterocycles. The van der Waals surface area contributed by atoms with E-state index in [4.69, 9.17) is 14.0 Å². The molecule has 5 nitrogen and oxygen atoms in total. The van der Waals surface area contributed by atoms with Gasteiger partial charge in [-0.05, 0) is 0 Å². The quantitative estimate of drug-likeness (QED) is 0.523. The lowest BCUT2D eigenvalue weighted by Gasteiger charge is -2.28. The van der Waals surface area contributed by atoms with Gasteiger partial charge in [0.1, 0.15) is 6.54 Å². The maximum atomic E-state index is 11.2. The molecule has 0 aliphatic heterocycles. The molecule has 0 aromatic rings. The van der Waals surface area contributed by atoms with Gasteiger partial charge in [0.2, 0.25) is 0 Å². The van der Waals surface area contributed by atoms with Crippen molar-refractivity contribution < 1.29 is 28.0 Å². The van der Waals surface area contributed by atoms with Gasteiger partial charge in [-0.1, -0.05) is 6.92 Å². The van der Waals surface area contributed by atoms with Gasteiger partial charge in [0, 0.05) is 6.42 Å². The third-order valence-corrected chi connectivity index (χ3v) is 1.65. The Morgan fingerprint density at radius 2 is 2.13 bits per heavy atom. The van der Waals surface area contributed by atoms with Crippen LogP contribution in [0.4, 0.5) is 0 Å². The average molecular weight is 221 g/mol. The van der Waals surface area contributed by atoms with Crippen LogP contribution in [0.25, 0.3) is 0 Å². The van der Waals surface area contributed by atoms with E-state index < -0.39 is 35.9 Å². The summed E-state index contributed by atoms with van der Waals surface area (Å²) in [6.45, 7) is -0.784. The molecule has 0 heterocycles. The number of esters is 1. The average Bonchev–Trinajstić information content (AvgIpc) is 2.13. The maximum absolute atomic E-state index is 11.2. The predicted octanol–water partition coefficient (Wildman–Crippen LogP) is 0.489. The van der Waals surface area contributed by atoms with Crippen molar-refractivity contribution in [2.45, 2.75) is 25.9 Å². The van der Waals surface area contributed by atoms with Gasteiger partial charge in [-0.25, -0.2) is 0 Å². The van der Waals surface area contributed by atoms with Crippen molar-refractivity contribution in [1.82, 2.24) is 0 Å². The third-order valence-electron chi connectivity index (χ3n) is 1.65. The van der Waals surface area contributed by atoms with Crippen molar-refractivity contribution in [2.75, 3.05) is 27.6 Å². The summed E-state index contributed by atoms with van der Waals surface area (Å²) in [5.74, 6) is -1.67. The topological polar surface area (TPSA) is 63.6 Å². The molecule has 0 saturated heterocycles. The SMILES string of the molecule is [2H]C([2H])([2H])[N+](C)(C)C[C@H](CC(=O)O)OC(=O)CC. The van der Waals surface area contributed by atoms with E-state index in [-0.39, 0.29) is 13.0 Å². The molecule has 0 fully saturated rings. The van der Waals surface area contributed by atoms with Crippen LogP contribution >= 0.6 is 0 Å². The van der Waals surface area contributed by atoms with Crippen molar-refractivity contribution in [3.63, 3.8) is 0 Å². The minimum absolute atomic E-state index is 0.0749. The Balaban J connectivity index is 4.78. The summed E-state index contributed by atoms with van der Waals surface area (Å²) in [5, 5.41) is 8.73. The Hall–Kier alpha value is -1.10. The van der Waals surface area contributed by atoms with Gasteiger partial charge in [-0.2, -0.15) is 0 Å². The highest BCUT2D eigenvalue weighted by atomic mass is 16.5. The van der Waals surface area contributed by atoms with Crippen molar-refractivity contribution in [3.8, 4) is 0 Å². The van der Waals surface area contributed by atoms with E-state index in [1.165, 1.54) is 14.1 Å². The lowest BCUT2D eigenvalue weighted by atomic mass is 10.2. The Bertz CT molecular complexity index is 315. The molecule has 0 aliphatic carbocycles. The van der Waals surface area contributed by atoms with E-state index in [1.54, 1.807) is 6.92 Å². The Kier molecular flexibility index (Phi) is 3.48. The molecule has 15 heavy (non-hydrogen) atoms. The maximum Gasteiger partial charge on any atom is 0.307 e. The zero-order valence-electron chi connectivity index (χ0n) is 12.3. The number of carboxylic acids is 1. The lowest BCUT2D eigenvalue weighted by molar-refractivity contribution is -0.873. The Labute approximate surface area is 94.4 Å². The van der Waals surface area contributed by atoms with E-state index in [2.05, 4.69) is 0 Å². The molecule has 0 radical (unpaired) electrons. The van der Waals surface area contributed by atoms with Crippen LogP contribution in [0, 0.1) is 0 Å². The number of carbonyl (C=O) groups is 2. The van der Waals surface area contributed by atoms with Crippen LogP contribution in [0.15, 0.2) is 0 Å². The molecule has 1 atom stereocenters. The molecule has 88 valence electrons. The number of rotatable bonds is 6. The minimum Gasteiger partial charge on any atom is -0.481 e. The molecule has 0 aliphatic rings. The largest absolute Gasteiger partial charge is 0.481 e. The van der Waals surface area contributed by atoms with Gasteiger partial charge >= 0.3 is 11.9 Å². The molecule has 5 heteroatoms. The van der Waals surface area contributed by atoms with Crippen molar-refractivity contribution in [3.05, 3.63) is 0 Å². The van der Waals surface area contributed by atoms with Gasteiger partial charge in [0.25, 0.3) is 0 Å². The van der Waals surface area contributed by atoms with Crippen LogP contribution in [0.2, 0.25) is 0 Å². The second kappa shape index (κ2) is 5.70. The summed E-state index contributed by atoms with van der Waals surface area (Å²) < 4.78 is 26.6. The van der Waals surface area contributed by atoms with Crippen LogP contribution in [0.5, 0.6) is 0 Å². The number of ether oxygens (including phenoxy) is 1. The molecular weight excluding hydrogens is 198 g/mol. The first-order valence-corrected chi connectivity index (χ1v) is 4.74. The summed E-state index contributed by atoms with van der Waals surface area (Å²) in [7, 11) is 2.89. The van der Waals surface area contributed by atoms with Crippen LogP contribution in [0.1, 0.15) is 23.9 Å². The fraction of sp³-hybridized carbons (Fsp3) is 0.800. The predicted molar refractivity (Wildman–Crippen MR) is 55.3 cm³/mol. The molecule has 0 spiro atoms. The third kappa shape index (κ3) is 7.93. The number of quaternary nitrogens is 1. The van der Waals surface area contributed by atoms with Crippen LogP contribution in [0.3, 0.4) is 0 Å². The Morgan fingerprint density at radius 3 is 2.53 bits per heavy atom. The van der Waals surface area contributed by atoms with Crippen LogP contribution < -0.4 is 0 Å². The highest BCUT2D eigenvalue weighted by Crippen LogP contribution is 2.06. The molecule has 0 saturated carbocycles. The second-order valence-electron chi connectivity index (χ2n) is 3.93. The molecular formula is C10H20NO4+. The summed E-state index contributed by atoms with van der Waals surface area (Å²) in [4.78, 5) is 21.9. The van der Waals surface area contributed by atoms with E-state index >= 15 is 0 Å². The minimum atomic E-state index is -2.30. The monoisotopic (exact) mass is 221 g/mol. The summed E-state index contributed by atoms with van der Waals surface area (Å²) in [6, 6.07) is 0.